The van der Waals surface area contributed by atoms with Gasteiger partial charge in [-0.25, -0.2) is 9.97 Å². The molecule has 7 nitrogen and oxygen atoms in total. The number of hydrogen-bond acceptors (Lipinski definition) is 5. The molecule has 1 saturated heterocycles. The minimum absolute atomic E-state index is 0.557. The van der Waals surface area contributed by atoms with Gasteiger partial charge in [-0.2, -0.15) is 0 Å². The summed E-state index contributed by atoms with van der Waals surface area (Å²) in [6, 6.07) is 1.85. The molecule has 0 spiro atoms. The molecule has 23 heavy (non-hydrogen) atoms. The summed E-state index contributed by atoms with van der Waals surface area (Å²) < 4.78 is 0. The van der Waals surface area contributed by atoms with Crippen molar-refractivity contribution < 1.29 is 0 Å². The highest BCUT2D eigenvalue weighted by atomic mass is 15.3. The molecule has 0 amide bonds. The quantitative estimate of drug-likeness (QED) is 0.564. The van der Waals surface area contributed by atoms with E-state index in [9.17, 15) is 0 Å². The lowest BCUT2D eigenvalue weighted by Gasteiger charge is -2.34. The summed E-state index contributed by atoms with van der Waals surface area (Å²) in [5.74, 6) is 2.05. The molecular formula is C16H29N7. The third-order valence-electron chi connectivity index (χ3n) is 3.93. The minimum atomic E-state index is 0.557. The summed E-state index contributed by atoms with van der Waals surface area (Å²) in [4.78, 5) is 17.6. The van der Waals surface area contributed by atoms with Gasteiger partial charge < -0.3 is 16.0 Å². The molecule has 7 heteroatoms. The molecule has 0 saturated carbocycles. The number of rotatable bonds is 7. The molecule has 3 N–H and O–H groups in total. The van der Waals surface area contributed by atoms with Gasteiger partial charge in [-0.15, -0.1) is 0 Å². The Morgan fingerprint density at radius 3 is 2.61 bits per heavy atom. The number of hydrogen-bond donors (Lipinski definition) is 2. The van der Waals surface area contributed by atoms with Crippen molar-refractivity contribution in [2.45, 2.75) is 20.3 Å². The summed E-state index contributed by atoms with van der Waals surface area (Å²) in [6.45, 7) is 11.0. The fourth-order valence-electron chi connectivity index (χ4n) is 2.47. The first-order chi connectivity index (χ1) is 11.1. The van der Waals surface area contributed by atoms with Gasteiger partial charge in [-0.3, -0.25) is 9.89 Å². The molecule has 0 radical (unpaired) electrons. The predicted molar refractivity (Wildman–Crippen MR) is 94.6 cm³/mol. The molecule has 1 aromatic heterocycles. The van der Waals surface area contributed by atoms with E-state index >= 15 is 0 Å². The summed E-state index contributed by atoms with van der Waals surface area (Å²) in [5.41, 5.74) is 5.87. The summed E-state index contributed by atoms with van der Waals surface area (Å²) in [5, 5.41) is 3.19. The van der Waals surface area contributed by atoms with Crippen molar-refractivity contribution in [1.82, 2.24) is 20.2 Å². The Hall–Kier alpha value is -1.89. The molecule has 0 aliphatic carbocycles. The van der Waals surface area contributed by atoms with Gasteiger partial charge in [0.15, 0.2) is 5.96 Å². The fraction of sp³-hybridized carbons (Fsp3) is 0.688. The van der Waals surface area contributed by atoms with Crippen LogP contribution in [0.3, 0.4) is 0 Å². The average molecular weight is 319 g/mol. The van der Waals surface area contributed by atoms with Gasteiger partial charge in [0.05, 0.1) is 0 Å². The van der Waals surface area contributed by atoms with Crippen LogP contribution < -0.4 is 16.0 Å². The van der Waals surface area contributed by atoms with Gasteiger partial charge in [0.1, 0.15) is 0 Å². The van der Waals surface area contributed by atoms with Crippen molar-refractivity contribution in [2.75, 3.05) is 50.7 Å². The zero-order valence-corrected chi connectivity index (χ0v) is 14.3. The van der Waals surface area contributed by atoms with Gasteiger partial charge >= 0.3 is 0 Å². The van der Waals surface area contributed by atoms with Crippen LogP contribution in [0.1, 0.15) is 20.3 Å². The maximum absolute atomic E-state index is 5.87. The van der Waals surface area contributed by atoms with E-state index in [1.54, 1.807) is 12.4 Å². The molecule has 1 fully saturated rings. The number of nitrogens with zero attached hydrogens (tertiary/aromatic N) is 5. The maximum Gasteiger partial charge on any atom is 0.225 e. The number of anilines is 1. The van der Waals surface area contributed by atoms with Gasteiger partial charge in [0, 0.05) is 58.2 Å². The van der Waals surface area contributed by atoms with Gasteiger partial charge in [-0.1, -0.05) is 13.8 Å². The van der Waals surface area contributed by atoms with Crippen LogP contribution in [-0.4, -0.2) is 66.6 Å². The van der Waals surface area contributed by atoms with E-state index in [1.807, 2.05) is 6.07 Å². The van der Waals surface area contributed by atoms with Crippen molar-refractivity contribution in [1.29, 1.82) is 0 Å². The number of aliphatic imine (C=N–C) groups is 1. The fourth-order valence-corrected chi connectivity index (χ4v) is 2.47. The number of nitrogens with one attached hydrogen (secondary N) is 1. The van der Waals surface area contributed by atoms with Crippen LogP contribution in [0.25, 0.3) is 0 Å². The van der Waals surface area contributed by atoms with Crippen LogP contribution in [0.2, 0.25) is 0 Å². The molecule has 0 aromatic carbocycles. The third kappa shape index (κ3) is 6.40. The molecule has 2 rings (SSSR count). The van der Waals surface area contributed by atoms with Crippen LogP contribution >= 0.6 is 0 Å². The van der Waals surface area contributed by atoms with Crippen LogP contribution in [0.5, 0.6) is 0 Å². The Kier molecular flexibility index (Phi) is 7.06. The standard InChI is InChI=1S/C16H29N7/c1-14(2)4-7-18-15(17)19-8-9-22-10-12-23(13-11-22)16-20-5-3-6-21-16/h3,5-6,14H,4,7-13H2,1-2H3,(H3,17,18,19). The lowest BCUT2D eigenvalue weighted by Crippen LogP contribution is -2.49. The van der Waals surface area contributed by atoms with Crippen molar-refractivity contribution in [2.24, 2.45) is 16.6 Å². The molecule has 2 heterocycles. The number of piperazine rings is 1. The van der Waals surface area contributed by atoms with E-state index in [4.69, 9.17) is 5.73 Å². The van der Waals surface area contributed by atoms with Crippen LogP contribution in [-0.2, 0) is 0 Å². The molecule has 0 bridgehead atoms. The zero-order chi connectivity index (χ0) is 16.5. The van der Waals surface area contributed by atoms with Gasteiger partial charge in [0.25, 0.3) is 0 Å². The molecular weight excluding hydrogens is 290 g/mol. The first kappa shape index (κ1) is 17.5. The number of nitrogens with two attached hydrogens (primary N) is 1. The first-order valence-corrected chi connectivity index (χ1v) is 8.43. The SMILES string of the molecule is CC(C)CCN=C(N)NCCN1CCN(c2ncccn2)CC1. The van der Waals surface area contributed by atoms with Crippen molar-refractivity contribution >= 4 is 11.9 Å². The van der Waals surface area contributed by atoms with Crippen LogP contribution in [0.15, 0.2) is 23.5 Å². The van der Waals surface area contributed by atoms with Crippen molar-refractivity contribution in [3.8, 4) is 0 Å². The van der Waals surface area contributed by atoms with E-state index in [-0.39, 0.29) is 0 Å². The van der Waals surface area contributed by atoms with E-state index < -0.39 is 0 Å². The molecule has 0 atom stereocenters. The average Bonchev–Trinajstić information content (AvgIpc) is 2.56. The second-order valence-corrected chi connectivity index (χ2v) is 6.25. The summed E-state index contributed by atoms with van der Waals surface area (Å²) >= 11 is 0. The highest BCUT2D eigenvalue weighted by Gasteiger charge is 2.18. The summed E-state index contributed by atoms with van der Waals surface area (Å²) in [6.07, 6.45) is 4.66. The van der Waals surface area contributed by atoms with Gasteiger partial charge in [-0.05, 0) is 18.4 Å². The van der Waals surface area contributed by atoms with Crippen molar-refractivity contribution in [3.63, 3.8) is 0 Å². The lowest BCUT2D eigenvalue weighted by atomic mass is 10.1. The van der Waals surface area contributed by atoms with Crippen molar-refractivity contribution in [3.05, 3.63) is 18.5 Å². The third-order valence-corrected chi connectivity index (χ3v) is 3.93. The van der Waals surface area contributed by atoms with E-state index in [0.717, 1.165) is 58.2 Å². The number of aromatic nitrogens is 2. The largest absolute Gasteiger partial charge is 0.370 e. The molecule has 1 aliphatic rings. The second-order valence-electron chi connectivity index (χ2n) is 6.25. The maximum atomic E-state index is 5.87. The normalized spacial score (nSPS) is 16.8. The predicted octanol–water partition coefficient (Wildman–Crippen LogP) is 0.549. The van der Waals surface area contributed by atoms with Crippen LogP contribution in [0.4, 0.5) is 5.95 Å². The van der Waals surface area contributed by atoms with E-state index in [2.05, 4.69) is 43.9 Å². The second kappa shape index (κ2) is 9.29. The lowest BCUT2D eigenvalue weighted by molar-refractivity contribution is 0.260. The first-order valence-electron chi connectivity index (χ1n) is 8.43. The smallest absolute Gasteiger partial charge is 0.225 e. The Morgan fingerprint density at radius 2 is 1.96 bits per heavy atom. The van der Waals surface area contributed by atoms with Crippen LogP contribution in [0, 0.1) is 5.92 Å². The monoisotopic (exact) mass is 319 g/mol. The topological polar surface area (TPSA) is 82.7 Å². The highest BCUT2D eigenvalue weighted by molar-refractivity contribution is 5.77. The zero-order valence-electron chi connectivity index (χ0n) is 14.3. The highest BCUT2D eigenvalue weighted by Crippen LogP contribution is 2.08. The van der Waals surface area contributed by atoms with Gasteiger partial charge in [0.2, 0.25) is 5.95 Å². The molecule has 1 aromatic rings. The Labute approximate surface area is 139 Å². The Morgan fingerprint density at radius 1 is 1.26 bits per heavy atom. The molecule has 1 aliphatic heterocycles. The minimum Gasteiger partial charge on any atom is -0.370 e. The molecule has 0 unspecified atom stereocenters. The summed E-state index contributed by atoms with van der Waals surface area (Å²) in [7, 11) is 0. The van der Waals surface area contributed by atoms with E-state index in [0.29, 0.717) is 11.9 Å². The Balaban J connectivity index is 1.61. The molecule has 128 valence electrons. The Bertz CT molecular complexity index is 467. The van der Waals surface area contributed by atoms with E-state index in [1.165, 1.54) is 0 Å². The number of guanidine groups is 1.